The topological polar surface area (TPSA) is 114 Å². The second-order valence-corrected chi connectivity index (χ2v) is 7.83. The first-order valence-electron chi connectivity index (χ1n) is 10.4. The first-order chi connectivity index (χ1) is 16.5. The predicted molar refractivity (Wildman–Crippen MR) is 125 cm³/mol. The lowest BCUT2D eigenvalue weighted by molar-refractivity contribution is -0.120. The molecule has 34 heavy (non-hydrogen) atoms. The molecule has 0 unspecified atom stereocenters. The zero-order valence-corrected chi connectivity index (χ0v) is 17.6. The molecule has 166 valence electrons. The number of Topliss-reactive ketones (excluding diaryl/α,β-unsaturated/α-hetero) is 2. The Morgan fingerprint density at radius 1 is 0.794 bits per heavy atom. The Bertz CT molecular complexity index is 1490. The zero-order chi connectivity index (χ0) is 23.8. The van der Waals surface area contributed by atoms with E-state index >= 15 is 0 Å². The fourth-order valence-corrected chi connectivity index (χ4v) is 4.08. The van der Waals surface area contributed by atoms with E-state index in [9.17, 15) is 24.6 Å². The number of benzene rings is 3. The molecule has 1 heterocycles. The van der Waals surface area contributed by atoms with Crippen LogP contribution in [0.25, 0.3) is 23.1 Å². The summed E-state index contributed by atoms with van der Waals surface area (Å²) in [6.45, 7) is 0.241. The summed E-state index contributed by atoms with van der Waals surface area (Å²) in [5.74, 6) is -2.20. The Kier molecular flexibility index (Phi) is 5.14. The number of phenolic OH excluding ortho intramolecular Hbond substituents is 1. The molecule has 1 aliphatic rings. The standard InChI is InChI=1S/C27H17NO6/c29-14-34-23-12-16(8-10-21(23)30)6-5-15-7-9-20-17(11-15)13-22(31)25(28-20)24-26(32)18-3-1-2-4-19(18)27(24)33/h1-14,24,30-31H/b6-5+. The fraction of sp³-hybridized carbons (Fsp3) is 0.0370. The van der Waals surface area contributed by atoms with Crippen molar-refractivity contribution in [2.24, 2.45) is 0 Å². The van der Waals surface area contributed by atoms with Gasteiger partial charge in [0.1, 0.15) is 17.4 Å². The number of ketones is 2. The quantitative estimate of drug-likeness (QED) is 0.261. The van der Waals surface area contributed by atoms with Gasteiger partial charge in [-0.3, -0.25) is 14.4 Å². The average molecular weight is 451 g/mol. The monoisotopic (exact) mass is 451 g/mol. The average Bonchev–Trinajstić information content (AvgIpc) is 3.09. The second-order valence-electron chi connectivity index (χ2n) is 7.83. The van der Waals surface area contributed by atoms with E-state index in [-0.39, 0.29) is 41.0 Å². The van der Waals surface area contributed by atoms with Crippen LogP contribution >= 0.6 is 0 Å². The number of hydrogen-bond acceptors (Lipinski definition) is 7. The first kappa shape index (κ1) is 21.1. The highest BCUT2D eigenvalue weighted by Gasteiger charge is 2.41. The third kappa shape index (κ3) is 3.59. The Morgan fingerprint density at radius 3 is 2.12 bits per heavy atom. The second kappa shape index (κ2) is 8.29. The summed E-state index contributed by atoms with van der Waals surface area (Å²) in [5, 5.41) is 21.0. The van der Waals surface area contributed by atoms with E-state index in [1.807, 2.05) is 12.1 Å². The number of aromatic hydroxyl groups is 2. The van der Waals surface area contributed by atoms with Crippen molar-refractivity contribution in [1.82, 2.24) is 4.98 Å². The molecule has 0 fully saturated rings. The molecule has 0 saturated heterocycles. The number of pyridine rings is 1. The molecular formula is C27H17NO6. The number of ether oxygens (including phenoxy) is 1. The maximum Gasteiger partial charge on any atom is 0.298 e. The van der Waals surface area contributed by atoms with Crippen LogP contribution in [0, 0.1) is 0 Å². The van der Waals surface area contributed by atoms with Gasteiger partial charge in [0, 0.05) is 16.5 Å². The number of carbonyl (C=O) groups is 3. The van der Waals surface area contributed by atoms with Crippen molar-refractivity contribution in [3.05, 3.63) is 94.7 Å². The lowest BCUT2D eigenvalue weighted by Gasteiger charge is -2.11. The van der Waals surface area contributed by atoms with Crippen molar-refractivity contribution < 1.29 is 29.3 Å². The molecule has 1 aromatic heterocycles. The maximum atomic E-state index is 12.8. The molecule has 0 radical (unpaired) electrons. The van der Waals surface area contributed by atoms with Gasteiger partial charge in [-0.25, -0.2) is 4.98 Å². The van der Waals surface area contributed by atoms with Gasteiger partial charge in [-0.05, 0) is 41.5 Å². The third-order valence-corrected chi connectivity index (χ3v) is 5.73. The zero-order valence-electron chi connectivity index (χ0n) is 17.6. The van der Waals surface area contributed by atoms with Crippen molar-refractivity contribution in [2.75, 3.05) is 0 Å². The molecule has 7 nitrogen and oxygen atoms in total. The summed E-state index contributed by atoms with van der Waals surface area (Å²) < 4.78 is 4.74. The van der Waals surface area contributed by atoms with Gasteiger partial charge in [0.25, 0.3) is 6.47 Å². The summed E-state index contributed by atoms with van der Waals surface area (Å²) in [5.41, 5.74) is 2.77. The normalized spacial score (nSPS) is 13.5. The Balaban J connectivity index is 1.46. The minimum Gasteiger partial charge on any atom is -0.506 e. The van der Waals surface area contributed by atoms with Crippen LogP contribution in [-0.4, -0.2) is 33.2 Å². The highest BCUT2D eigenvalue weighted by Crippen LogP contribution is 2.38. The van der Waals surface area contributed by atoms with E-state index in [1.54, 1.807) is 48.5 Å². The number of rotatable bonds is 5. The summed E-state index contributed by atoms with van der Waals surface area (Å²) in [6, 6.07) is 18.1. The molecule has 0 aliphatic heterocycles. The van der Waals surface area contributed by atoms with Gasteiger partial charge in [-0.1, -0.05) is 48.6 Å². The van der Waals surface area contributed by atoms with E-state index < -0.39 is 5.92 Å². The number of aromatic nitrogens is 1. The number of nitrogens with zero attached hydrogens (tertiary/aromatic N) is 1. The lowest BCUT2D eigenvalue weighted by atomic mass is 9.97. The van der Waals surface area contributed by atoms with Crippen LogP contribution < -0.4 is 4.74 Å². The number of fused-ring (bicyclic) bond motifs is 2. The molecule has 4 aromatic rings. The van der Waals surface area contributed by atoms with Crippen molar-refractivity contribution >= 4 is 41.1 Å². The molecule has 3 aromatic carbocycles. The van der Waals surface area contributed by atoms with Crippen LogP contribution in [0.2, 0.25) is 0 Å². The minimum atomic E-state index is -1.15. The van der Waals surface area contributed by atoms with Crippen LogP contribution in [-0.2, 0) is 4.79 Å². The predicted octanol–water partition coefficient (Wildman–Crippen LogP) is 4.51. The summed E-state index contributed by atoms with van der Waals surface area (Å²) in [4.78, 5) is 40.7. The van der Waals surface area contributed by atoms with E-state index in [0.29, 0.717) is 27.6 Å². The van der Waals surface area contributed by atoms with Gasteiger partial charge in [-0.15, -0.1) is 0 Å². The number of hydrogen-bond donors (Lipinski definition) is 2. The van der Waals surface area contributed by atoms with E-state index in [4.69, 9.17) is 4.74 Å². The van der Waals surface area contributed by atoms with Gasteiger partial charge in [0.2, 0.25) is 0 Å². The molecule has 2 N–H and O–H groups in total. The largest absolute Gasteiger partial charge is 0.506 e. The van der Waals surface area contributed by atoms with Gasteiger partial charge < -0.3 is 14.9 Å². The highest BCUT2D eigenvalue weighted by atomic mass is 16.5. The lowest BCUT2D eigenvalue weighted by Crippen LogP contribution is -2.14. The minimum absolute atomic E-state index is 0.0498. The summed E-state index contributed by atoms with van der Waals surface area (Å²) >= 11 is 0. The van der Waals surface area contributed by atoms with Crippen LogP contribution in [0.15, 0.2) is 66.7 Å². The Hall–Kier alpha value is -4.78. The van der Waals surface area contributed by atoms with Crippen molar-refractivity contribution in [3.63, 3.8) is 0 Å². The molecular weight excluding hydrogens is 434 g/mol. The van der Waals surface area contributed by atoms with Crippen LogP contribution in [0.3, 0.4) is 0 Å². The fourth-order valence-electron chi connectivity index (χ4n) is 4.08. The number of carbonyl (C=O) groups excluding carboxylic acids is 3. The van der Waals surface area contributed by atoms with E-state index in [0.717, 1.165) is 5.56 Å². The molecule has 0 amide bonds. The Labute approximate surface area is 193 Å². The summed E-state index contributed by atoms with van der Waals surface area (Å²) in [7, 11) is 0. The molecule has 7 heteroatoms. The smallest absolute Gasteiger partial charge is 0.298 e. The van der Waals surface area contributed by atoms with E-state index in [2.05, 4.69) is 4.98 Å². The Morgan fingerprint density at radius 2 is 1.44 bits per heavy atom. The number of phenols is 1. The van der Waals surface area contributed by atoms with Crippen molar-refractivity contribution in [2.45, 2.75) is 5.92 Å². The SMILES string of the molecule is O=COc1cc(/C=C/c2ccc3nc(C4C(=O)c5ccccc5C4=O)c(O)cc3c2)ccc1O. The van der Waals surface area contributed by atoms with Crippen LogP contribution in [0.5, 0.6) is 17.2 Å². The third-order valence-electron chi connectivity index (χ3n) is 5.73. The van der Waals surface area contributed by atoms with Crippen molar-refractivity contribution in [1.29, 1.82) is 0 Å². The summed E-state index contributed by atoms with van der Waals surface area (Å²) in [6.07, 6.45) is 3.58. The van der Waals surface area contributed by atoms with Gasteiger partial charge >= 0.3 is 0 Å². The highest BCUT2D eigenvalue weighted by molar-refractivity contribution is 6.29. The van der Waals surface area contributed by atoms with Gasteiger partial charge in [0.05, 0.1) is 5.52 Å². The maximum absolute atomic E-state index is 12.8. The van der Waals surface area contributed by atoms with Crippen molar-refractivity contribution in [3.8, 4) is 17.2 Å². The molecule has 0 saturated carbocycles. The van der Waals surface area contributed by atoms with E-state index in [1.165, 1.54) is 18.2 Å². The molecule has 0 spiro atoms. The molecule has 1 aliphatic carbocycles. The van der Waals surface area contributed by atoms with Crippen LogP contribution in [0.4, 0.5) is 0 Å². The molecule has 0 atom stereocenters. The van der Waals surface area contributed by atoms with Crippen LogP contribution in [0.1, 0.15) is 43.5 Å². The molecule has 0 bridgehead atoms. The van der Waals surface area contributed by atoms with Gasteiger partial charge in [0.15, 0.2) is 23.1 Å². The first-order valence-corrected chi connectivity index (χ1v) is 10.4. The van der Waals surface area contributed by atoms with Gasteiger partial charge in [-0.2, -0.15) is 0 Å². The molecule has 5 rings (SSSR count).